The Hall–Kier alpha value is -1.66. The summed E-state index contributed by atoms with van der Waals surface area (Å²) in [6.07, 6.45) is 46.7. The zero-order valence-electron chi connectivity index (χ0n) is 36.1. The molecule has 0 aliphatic heterocycles. The van der Waals surface area contributed by atoms with Crippen LogP contribution in [-0.2, 0) is 14.3 Å². The zero-order chi connectivity index (χ0) is 39.6. The van der Waals surface area contributed by atoms with Crippen LogP contribution in [0.15, 0.2) is 24.3 Å². The predicted octanol–water partition coefficient (Wildman–Crippen LogP) is 13.6. The third-order valence-corrected chi connectivity index (χ3v) is 10.8. The van der Waals surface area contributed by atoms with E-state index in [1.807, 2.05) is 0 Å². The van der Waals surface area contributed by atoms with Gasteiger partial charge in [0.25, 0.3) is 0 Å². The summed E-state index contributed by atoms with van der Waals surface area (Å²) < 4.78 is 5.87. The van der Waals surface area contributed by atoms with E-state index in [4.69, 9.17) is 4.74 Å². The fourth-order valence-electron chi connectivity index (χ4n) is 7.19. The third-order valence-electron chi connectivity index (χ3n) is 10.8. The van der Waals surface area contributed by atoms with Crippen LogP contribution >= 0.6 is 0 Å². The van der Waals surface area contributed by atoms with E-state index in [2.05, 4.69) is 50.4 Å². The molecule has 0 aromatic rings. The van der Waals surface area contributed by atoms with Gasteiger partial charge in [-0.1, -0.05) is 212 Å². The van der Waals surface area contributed by atoms with Crippen molar-refractivity contribution in [2.75, 3.05) is 6.61 Å². The Kier molecular flexibility index (Phi) is 41.2. The number of aliphatic hydroxyl groups is 2. The van der Waals surface area contributed by atoms with Crippen LogP contribution in [0.1, 0.15) is 245 Å². The average Bonchev–Trinajstić information content (AvgIpc) is 3.16. The first-order chi connectivity index (χ1) is 26.5. The molecule has 318 valence electrons. The van der Waals surface area contributed by atoms with Gasteiger partial charge in [-0.05, 0) is 44.9 Å². The van der Waals surface area contributed by atoms with E-state index in [0.29, 0.717) is 19.3 Å². The van der Waals surface area contributed by atoms with Gasteiger partial charge >= 0.3 is 5.97 Å². The fourth-order valence-corrected chi connectivity index (χ4v) is 7.19. The summed E-state index contributed by atoms with van der Waals surface area (Å²) in [5.41, 5.74) is 0. The maximum Gasteiger partial charge on any atom is 0.306 e. The Morgan fingerprint density at radius 1 is 0.537 bits per heavy atom. The van der Waals surface area contributed by atoms with Crippen molar-refractivity contribution in [3.05, 3.63) is 24.3 Å². The van der Waals surface area contributed by atoms with Crippen LogP contribution in [0.25, 0.3) is 0 Å². The van der Waals surface area contributed by atoms with Gasteiger partial charge in [0, 0.05) is 6.42 Å². The highest BCUT2D eigenvalue weighted by molar-refractivity contribution is 5.77. The van der Waals surface area contributed by atoms with Crippen LogP contribution in [0, 0.1) is 0 Å². The summed E-state index contributed by atoms with van der Waals surface area (Å²) in [4.78, 5) is 25.9. The van der Waals surface area contributed by atoms with Crippen LogP contribution in [0.4, 0.5) is 0 Å². The normalized spacial score (nSPS) is 13.5. The molecule has 3 N–H and O–H groups in total. The van der Waals surface area contributed by atoms with Crippen molar-refractivity contribution < 1.29 is 24.5 Å². The van der Waals surface area contributed by atoms with Crippen molar-refractivity contribution in [3.8, 4) is 0 Å². The average molecular weight is 762 g/mol. The number of aliphatic hydroxyl groups excluding tert-OH is 2. The molecule has 3 unspecified atom stereocenters. The highest BCUT2D eigenvalue weighted by Crippen LogP contribution is 2.17. The fraction of sp³-hybridized carbons (Fsp3) is 0.875. The number of hydrogen-bond acceptors (Lipinski definition) is 5. The number of hydrogen-bond donors (Lipinski definition) is 3. The molecule has 0 aliphatic rings. The van der Waals surface area contributed by atoms with E-state index in [0.717, 1.165) is 57.8 Å². The van der Waals surface area contributed by atoms with Gasteiger partial charge in [-0.2, -0.15) is 0 Å². The Balaban J connectivity index is 4.63. The van der Waals surface area contributed by atoms with Crippen LogP contribution < -0.4 is 5.32 Å². The second-order valence-corrected chi connectivity index (χ2v) is 16.2. The van der Waals surface area contributed by atoms with Gasteiger partial charge in [-0.3, -0.25) is 9.59 Å². The van der Waals surface area contributed by atoms with Crippen molar-refractivity contribution in [2.24, 2.45) is 0 Å². The van der Waals surface area contributed by atoms with Crippen molar-refractivity contribution >= 4 is 11.9 Å². The minimum absolute atomic E-state index is 0.0490. The molecule has 0 fully saturated rings. The number of esters is 1. The van der Waals surface area contributed by atoms with Crippen molar-refractivity contribution in [1.82, 2.24) is 5.32 Å². The number of carbonyl (C=O) groups is 2. The number of unbranched alkanes of at least 4 members (excludes halogenated alkanes) is 27. The van der Waals surface area contributed by atoms with Crippen LogP contribution in [0.5, 0.6) is 0 Å². The Labute approximate surface area is 335 Å². The number of nitrogens with one attached hydrogen (secondary N) is 1. The van der Waals surface area contributed by atoms with E-state index in [-0.39, 0.29) is 24.9 Å². The lowest BCUT2D eigenvalue weighted by Gasteiger charge is -2.24. The summed E-state index contributed by atoms with van der Waals surface area (Å²) in [6.45, 7) is 6.44. The highest BCUT2D eigenvalue weighted by atomic mass is 16.5. The Morgan fingerprint density at radius 2 is 0.944 bits per heavy atom. The highest BCUT2D eigenvalue weighted by Gasteiger charge is 2.24. The van der Waals surface area contributed by atoms with E-state index < -0.39 is 18.2 Å². The summed E-state index contributed by atoms with van der Waals surface area (Å²) in [6, 6.07) is -0.709. The first-order valence-corrected chi connectivity index (χ1v) is 23.6. The summed E-state index contributed by atoms with van der Waals surface area (Å²) in [5.74, 6) is -0.516. The summed E-state index contributed by atoms with van der Waals surface area (Å²) in [7, 11) is 0. The number of allylic oxidation sites excluding steroid dienone is 4. The standard InChI is InChI=1S/C48H91NO5/c1-4-7-10-13-16-19-21-23-24-25-28-30-33-36-39-44(54-48(53)41-38-35-32-27-18-15-12-9-6-3)42-47(52)49-45(43-50)46(51)40-37-34-31-29-26-22-20-17-14-11-8-5-2/h24-25,28,30,44-46,50-51H,4-23,26-27,29,31-43H2,1-3H3,(H,49,52)/b25-24+,30-28+. The molecule has 0 rings (SSSR count). The molecule has 0 heterocycles. The Bertz CT molecular complexity index is 858. The first kappa shape index (κ1) is 52.3. The van der Waals surface area contributed by atoms with Gasteiger partial charge in [0.2, 0.25) is 5.91 Å². The molecular formula is C48H91NO5. The van der Waals surface area contributed by atoms with Gasteiger partial charge in [-0.25, -0.2) is 0 Å². The van der Waals surface area contributed by atoms with E-state index in [1.165, 1.54) is 141 Å². The molecule has 6 heteroatoms. The minimum atomic E-state index is -0.793. The van der Waals surface area contributed by atoms with Gasteiger partial charge in [0.1, 0.15) is 6.10 Å². The summed E-state index contributed by atoms with van der Waals surface area (Å²) >= 11 is 0. The van der Waals surface area contributed by atoms with Crippen LogP contribution in [0.2, 0.25) is 0 Å². The zero-order valence-corrected chi connectivity index (χ0v) is 36.1. The topological polar surface area (TPSA) is 95.9 Å². The van der Waals surface area contributed by atoms with Gasteiger partial charge in [0.05, 0.1) is 25.2 Å². The largest absolute Gasteiger partial charge is 0.462 e. The lowest BCUT2D eigenvalue weighted by molar-refractivity contribution is -0.151. The molecule has 0 spiro atoms. The number of rotatable bonds is 42. The minimum Gasteiger partial charge on any atom is -0.462 e. The molecule has 3 atom stereocenters. The second kappa shape index (κ2) is 42.5. The predicted molar refractivity (Wildman–Crippen MR) is 232 cm³/mol. The smallest absolute Gasteiger partial charge is 0.306 e. The monoisotopic (exact) mass is 762 g/mol. The molecule has 6 nitrogen and oxygen atoms in total. The van der Waals surface area contributed by atoms with E-state index in [1.54, 1.807) is 0 Å². The second-order valence-electron chi connectivity index (χ2n) is 16.2. The van der Waals surface area contributed by atoms with Gasteiger partial charge in [0.15, 0.2) is 0 Å². The summed E-state index contributed by atoms with van der Waals surface area (Å²) in [5, 5.41) is 23.6. The lowest BCUT2D eigenvalue weighted by Crippen LogP contribution is -2.46. The molecule has 1 amide bonds. The maximum atomic E-state index is 13.1. The van der Waals surface area contributed by atoms with Crippen LogP contribution in [0.3, 0.4) is 0 Å². The quantitative estimate of drug-likeness (QED) is 0.0327. The van der Waals surface area contributed by atoms with Gasteiger partial charge in [-0.15, -0.1) is 0 Å². The van der Waals surface area contributed by atoms with Crippen molar-refractivity contribution in [3.63, 3.8) is 0 Å². The number of ether oxygens (including phenoxy) is 1. The first-order valence-electron chi connectivity index (χ1n) is 23.6. The SMILES string of the molecule is CCCCCCCCC/C=C/C=C/CCCC(CC(=O)NC(CO)C(O)CCCCCCCCCCCCCC)OC(=O)CCCCCCCCCCC. The molecule has 0 aliphatic carbocycles. The number of amides is 1. The maximum absolute atomic E-state index is 13.1. The molecule has 0 bridgehead atoms. The third kappa shape index (κ3) is 37.3. The van der Waals surface area contributed by atoms with Crippen LogP contribution in [-0.4, -0.2) is 46.9 Å². The molecule has 0 saturated heterocycles. The molecule has 0 radical (unpaired) electrons. The molecule has 0 aromatic heterocycles. The van der Waals surface area contributed by atoms with Crippen molar-refractivity contribution in [2.45, 2.75) is 264 Å². The van der Waals surface area contributed by atoms with E-state index in [9.17, 15) is 19.8 Å². The van der Waals surface area contributed by atoms with E-state index >= 15 is 0 Å². The van der Waals surface area contributed by atoms with Crippen molar-refractivity contribution in [1.29, 1.82) is 0 Å². The molecule has 0 aromatic carbocycles. The Morgan fingerprint density at radius 3 is 1.41 bits per heavy atom. The van der Waals surface area contributed by atoms with Gasteiger partial charge < -0.3 is 20.3 Å². The molecule has 54 heavy (non-hydrogen) atoms. The molecular weight excluding hydrogens is 671 g/mol. The molecule has 0 saturated carbocycles. The number of carbonyl (C=O) groups excluding carboxylic acids is 2. The lowest BCUT2D eigenvalue weighted by atomic mass is 10.0.